The predicted octanol–water partition coefficient (Wildman–Crippen LogP) is 0.274. The van der Waals surface area contributed by atoms with E-state index in [1.807, 2.05) is 0 Å². The van der Waals surface area contributed by atoms with Crippen LogP contribution in [0.5, 0.6) is 0 Å². The molecule has 60 valence electrons. The maximum atomic E-state index is 12.0. The highest BCUT2D eigenvalue weighted by Crippen LogP contribution is 2.06. The van der Waals surface area contributed by atoms with Gasteiger partial charge in [0.25, 0.3) is 0 Å². The van der Waals surface area contributed by atoms with Gasteiger partial charge in [0.15, 0.2) is 0 Å². The Morgan fingerprint density at radius 2 is 1.91 bits per heavy atom. The van der Waals surface area contributed by atoms with Gasteiger partial charge in [-0.15, -0.1) is 10.2 Å². The zero-order valence-electron chi connectivity index (χ0n) is 5.03. The molecule has 1 rings (SSSR count). The fourth-order valence-corrected chi connectivity index (χ4v) is 0.803. The molecule has 0 radical (unpaired) electrons. The summed E-state index contributed by atoms with van der Waals surface area (Å²) in [4.78, 5) is 0. The molecule has 7 heteroatoms. The first-order valence-electron chi connectivity index (χ1n) is 2.44. The van der Waals surface area contributed by atoms with Crippen molar-refractivity contribution in [1.82, 2.24) is 10.2 Å². The number of hydrogen-bond donors (Lipinski definition) is 0. The van der Waals surface area contributed by atoms with E-state index in [-0.39, 0.29) is 0 Å². The quantitative estimate of drug-likeness (QED) is 0.582. The largest absolute Gasteiger partial charge is 0.351 e. The van der Waals surface area contributed by atoms with E-state index in [0.717, 1.165) is 0 Å². The highest BCUT2D eigenvalue weighted by molar-refractivity contribution is 7.86. The second kappa shape index (κ2) is 2.50. The molecule has 11 heavy (non-hydrogen) atoms. The van der Waals surface area contributed by atoms with Gasteiger partial charge in [-0.1, -0.05) is 3.89 Å². The Labute approximate surface area is 61.1 Å². The van der Waals surface area contributed by atoms with Gasteiger partial charge in [-0.05, 0) is 12.1 Å². The van der Waals surface area contributed by atoms with Gasteiger partial charge in [0, 0.05) is 0 Å². The lowest BCUT2D eigenvalue weighted by Crippen LogP contribution is -1.98. The average Bonchev–Trinajstić information content (AvgIpc) is 1.86. The van der Waals surface area contributed by atoms with E-state index in [1.165, 1.54) is 0 Å². The van der Waals surface area contributed by atoms with Gasteiger partial charge in [-0.25, -0.2) is 0 Å². The molecular formula is C4H2F2N2O2S. The molecule has 1 aromatic heterocycles. The molecule has 0 aliphatic carbocycles. The summed E-state index contributed by atoms with van der Waals surface area (Å²) in [5, 5.41) is 4.58. The maximum Gasteiger partial charge on any atom is 0.351 e. The Morgan fingerprint density at radius 3 is 2.27 bits per heavy atom. The molecule has 0 bridgehead atoms. The Balaban J connectivity index is 3.20. The molecular weight excluding hydrogens is 178 g/mol. The molecule has 0 atom stereocenters. The van der Waals surface area contributed by atoms with E-state index in [0.29, 0.717) is 12.1 Å². The second-order valence-corrected chi connectivity index (χ2v) is 2.93. The lowest BCUT2D eigenvalue weighted by molar-refractivity contribution is 0.529. The second-order valence-electron chi connectivity index (χ2n) is 1.63. The minimum atomic E-state index is -4.86. The van der Waals surface area contributed by atoms with Gasteiger partial charge in [-0.2, -0.15) is 12.8 Å². The van der Waals surface area contributed by atoms with Crippen LogP contribution in [-0.2, 0) is 10.2 Å². The molecule has 1 aromatic rings. The van der Waals surface area contributed by atoms with Crippen LogP contribution >= 0.6 is 0 Å². The first kappa shape index (κ1) is 7.99. The van der Waals surface area contributed by atoms with Crippen LogP contribution in [0.1, 0.15) is 0 Å². The summed E-state index contributed by atoms with van der Waals surface area (Å²) < 4.78 is 44.1. The van der Waals surface area contributed by atoms with Gasteiger partial charge >= 0.3 is 10.2 Å². The highest BCUT2D eigenvalue weighted by atomic mass is 32.3. The summed E-state index contributed by atoms with van der Waals surface area (Å²) in [6, 6.07) is 1.40. The topological polar surface area (TPSA) is 59.9 Å². The third-order valence-corrected chi connectivity index (χ3v) is 1.57. The molecule has 0 amide bonds. The number of halogens is 2. The molecule has 0 spiro atoms. The third-order valence-electron chi connectivity index (χ3n) is 0.857. The smallest absolute Gasteiger partial charge is 0.188 e. The summed E-state index contributed by atoms with van der Waals surface area (Å²) >= 11 is 0. The molecule has 0 fully saturated rings. The summed E-state index contributed by atoms with van der Waals surface area (Å²) in [6.45, 7) is 0. The summed E-state index contributed by atoms with van der Waals surface area (Å²) in [6.07, 6.45) is 0. The van der Waals surface area contributed by atoms with E-state index >= 15 is 0 Å². The number of nitrogens with zero attached hydrogens (tertiary/aromatic N) is 2. The van der Waals surface area contributed by atoms with Crippen LogP contribution < -0.4 is 0 Å². The molecule has 1 heterocycles. The van der Waals surface area contributed by atoms with Gasteiger partial charge < -0.3 is 0 Å². The van der Waals surface area contributed by atoms with Crippen LogP contribution in [0.15, 0.2) is 17.2 Å². The zero-order chi connectivity index (χ0) is 8.48. The van der Waals surface area contributed by atoms with Crippen molar-refractivity contribution >= 4 is 10.2 Å². The van der Waals surface area contributed by atoms with Crippen LogP contribution in [0.3, 0.4) is 0 Å². The first-order chi connectivity index (χ1) is 5.00. The van der Waals surface area contributed by atoms with Crippen molar-refractivity contribution in [3.05, 3.63) is 18.1 Å². The van der Waals surface area contributed by atoms with Crippen molar-refractivity contribution in [2.45, 2.75) is 5.03 Å². The van der Waals surface area contributed by atoms with E-state index in [4.69, 9.17) is 0 Å². The molecule has 4 nitrogen and oxygen atoms in total. The van der Waals surface area contributed by atoms with Crippen LogP contribution in [0.4, 0.5) is 8.28 Å². The Bertz CT molecular complexity index is 347. The van der Waals surface area contributed by atoms with Crippen LogP contribution in [-0.4, -0.2) is 18.6 Å². The van der Waals surface area contributed by atoms with Crippen molar-refractivity contribution in [3.63, 3.8) is 0 Å². The third kappa shape index (κ3) is 1.90. The highest BCUT2D eigenvalue weighted by Gasteiger charge is 2.13. The zero-order valence-corrected chi connectivity index (χ0v) is 5.85. The van der Waals surface area contributed by atoms with Crippen LogP contribution in [0.2, 0.25) is 0 Å². The van der Waals surface area contributed by atoms with E-state index in [9.17, 15) is 16.7 Å². The minimum Gasteiger partial charge on any atom is -0.188 e. The molecule has 0 saturated carbocycles. The Kier molecular flexibility index (Phi) is 1.81. The Morgan fingerprint density at radius 1 is 1.27 bits per heavy atom. The van der Waals surface area contributed by atoms with Crippen molar-refractivity contribution < 1.29 is 16.7 Å². The molecule has 0 N–H and O–H groups in total. The standard InChI is InChI=1S/C4H2F2N2O2S/c5-3-1-2-4(8-7-3)11(6,9)10/h1-2H. The van der Waals surface area contributed by atoms with Gasteiger partial charge in [0.2, 0.25) is 11.0 Å². The van der Waals surface area contributed by atoms with Crippen molar-refractivity contribution in [3.8, 4) is 0 Å². The molecule has 0 saturated heterocycles. The molecule has 0 aromatic carbocycles. The monoisotopic (exact) mass is 180 g/mol. The van der Waals surface area contributed by atoms with E-state index in [1.54, 1.807) is 0 Å². The maximum absolute atomic E-state index is 12.0. The fourth-order valence-electron chi connectivity index (χ4n) is 0.434. The number of rotatable bonds is 1. The first-order valence-corrected chi connectivity index (χ1v) is 3.82. The predicted molar refractivity (Wildman–Crippen MR) is 30.3 cm³/mol. The average molecular weight is 180 g/mol. The minimum absolute atomic E-state index is 0.692. The van der Waals surface area contributed by atoms with Crippen molar-refractivity contribution in [2.24, 2.45) is 0 Å². The van der Waals surface area contributed by atoms with Gasteiger partial charge in [-0.3, -0.25) is 0 Å². The van der Waals surface area contributed by atoms with Gasteiger partial charge in [0.05, 0.1) is 0 Å². The normalized spacial score (nSPS) is 11.5. The van der Waals surface area contributed by atoms with Crippen molar-refractivity contribution in [2.75, 3.05) is 0 Å². The molecule has 0 aliphatic rings. The molecule has 0 aliphatic heterocycles. The SMILES string of the molecule is O=S(=O)(F)c1ccc(F)nn1. The fraction of sp³-hybridized carbons (Fsp3) is 0. The number of aromatic nitrogens is 2. The summed E-state index contributed by atoms with van der Waals surface area (Å²) in [7, 11) is -4.86. The van der Waals surface area contributed by atoms with Crippen LogP contribution in [0.25, 0.3) is 0 Å². The molecule has 0 unspecified atom stereocenters. The van der Waals surface area contributed by atoms with E-state index < -0.39 is 21.2 Å². The lowest BCUT2D eigenvalue weighted by Gasteiger charge is -1.89. The van der Waals surface area contributed by atoms with E-state index in [2.05, 4.69) is 10.2 Å². The van der Waals surface area contributed by atoms with Gasteiger partial charge in [0.1, 0.15) is 0 Å². The van der Waals surface area contributed by atoms with Crippen LogP contribution in [0, 0.1) is 5.95 Å². The summed E-state index contributed by atoms with van der Waals surface area (Å²) in [5.74, 6) is -0.961. The van der Waals surface area contributed by atoms with Crippen molar-refractivity contribution in [1.29, 1.82) is 0 Å². The number of hydrogen-bond acceptors (Lipinski definition) is 4. The Hall–Kier alpha value is -1.11. The lowest BCUT2D eigenvalue weighted by atomic mass is 10.6. The summed E-state index contributed by atoms with van der Waals surface area (Å²) in [5.41, 5.74) is 0.